The van der Waals surface area contributed by atoms with Gasteiger partial charge in [0.05, 0.1) is 0 Å². The summed E-state index contributed by atoms with van der Waals surface area (Å²) in [6.45, 7) is 1.76. The molecule has 1 amide bonds. The number of phenolic OH excluding ortho intramolecular Hbond substituents is 1. The van der Waals surface area contributed by atoms with Crippen LogP contribution in [0.1, 0.15) is 39.9 Å². The van der Waals surface area contributed by atoms with Gasteiger partial charge in [0.1, 0.15) is 11.6 Å². The molecule has 0 unspecified atom stereocenters. The maximum Gasteiger partial charge on any atom is 0.251 e. The van der Waals surface area contributed by atoms with Crippen LogP contribution in [0.5, 0.6) is 5.75 Å². The molecule has 0 radical (unpaired) electrons. The van der Waals surface area contributed by atoms with E-state index in [4.69, 9.17) is 0 Å². The molecule has 4 nitrogen and oxygen atoms in total. The zero-order chi connectivity index (χ0) is 21.9. The number of nitrogens with one attached hydrogen (secondary N) is 2. The van der Waals surface area contributed by atoms with E-state index in [0.717, 1.165) is 36.8 Å². The summed E-state index contributed by atoms with van der Waals surface area (Å²) in [5.74, 6) is -0.407. The quantitative estimate of drug-likeness (QED) is 0.397. The van der Waals surface area contributed by atoms with E-state index in [9.17, 15) is 14.3 Å². The second kappa shape index (κ2) is 11.9. The summed E-state index contributed by atoms with van der Waals surface area (Å²) in [6, 6.07) is 21.7. The lowest BCUT2D eigenvalue weighted by Crippen LogP contribution is -2.27. The molecule has 0 aromatic heterocycles. The van der Waals surface area contributed by atoms with Gasteiger partial charge in [-0.25, -0.2) is 4.39 Å². The van der Waals surface area contributed by atoms with Crippen LogP contribution < -0.4 is 10.6 Å². The van der Waals surface area contributed by atoms with Gasteiger partial charge in [0.15, 0.2) is 0 Å². The lowest BCUT2D eigenvalue weighted by atomic mass is 10.1. The summed E-state index contributed by atoms with van der Waals surface area (Å²) in [5, 5.41) is 15.6. The number of phenols is 1. The van der Waals surface area contributed by atoms with Crippen LogP contribution >= 0.6 is 0 Å². The number of halogens is 1. The van der Waals surface area contributed by atoms with Gasteiger partial charge in [0.25, 0.3) is 5.91 Å². The largest absolute Gasteiger partial charge is 0.508 e. The Kier molecular flexibility index (Phi) is 8.61. The summed E-state index contributed by atoms with van der Waals surface area (Å²) in [5.41, 5.74) is 3.55. The number of carbonyl (C=O) groups is 1. The highest BCUT2D eigenvalue weighted by atomic mass is 19.1. The van der Waals surface area contributed by atoms with Crippen molar-refractivity contribution in [1.29, 1.82) is 0 Å². The average Bonchev–Trinajstić information content (AvgIpc) is 2.79. The van der Waals surface area contributed by atoms with E-state index in [1.165, 1.54) is 17.7 Å². The van der Waals surface area contributed by atoms with E-state index < -0.39 is 5.82 Å². The van der Waals surface area contributed by atoms with E-state index >= 15 is 0 Å². The molecule has 0 atom stereocenters. The van der Waals surface area contributed by atoms with E-state index in [2.05, 4.69) is 22.8 Å². The Morgan fingerprint density at radius 3 is 2.35 bits per heavy atom. The Morgan fingerprint density at radius 1 is 0.839 bits per heavy atom. The molecule has 0 spiro atoms. The molecule has 31 heavy (non-hydrogen) atoms. The standard InChI is InChI=1S/C26H29FN2O2/c27-23-12-11-22(19-28-17-15-21-9-13-24(30)14-10-21)25(18-23)26(31)29-16-5-4-8-20-6-2-1-3-7-20/h1-3,6-7,9-14,18,28,30H,4-5,8,15-17,19H2,(H,29,31). The lowest BCUT2D eigenvalue weighted by Gasteiger charge is -2.12. The minimum atomic E-state index is -0.415. The van der Waals surface area contributed by atoms with Gasteiger partial charge in [0.2, 0.25) is 0 Å². The van der Waals surface area contributed by atoms with Gasteiger partial charge in [-0.05, 0) is 73.2 Å². The first-order valence-electron chi connectivity index (χ1n) is 10.7. The highest BCUT2D eigenvalue weighted by molar-refractivity contribution is 5.95. The molecule has 3 aromatic rings. The summed E-state index contributed by atoms with van der Waals surface area (Å²) in [4.78, 5) is 12.6. The van der Waals surface area contributed by atoms with Crippen molar-refractivity contribution >= 4 is 5.91 Å². The maximum atomic E-state index is 13.8. The molecular weight excluding hydrogens is 391 g/mol. The molecule has 3 aromatic carbocycles. The molecule has 3 rings (SSSR count). The van der Waals surface area contributed by atoms with Gasteiger partial charge in [0, 0.05) is 18.7 Å². The first-order chi connectivity index (χ1) is 15.1. The summed E-state index contributed by atoms with van der Waals surface area (Å²) < 4.78 is 13.8. The summed E-state index contributed by atoms with van der Waals surface area (Å²) in [7, 11) is 0. The second-order valence-electron chi connectivity index (χ2n) is 7.59. The van der Waals surface area contributed by atoms with Crippen molar-refractivity contribution < 1.29 is 14.3 Å². The lowest BCUT2D eigenvalue weighted by molar-refractivity contribution is 0.0951. The van der Waals surface area contributed by atoms with Gasteiger partial charge in [-0.2, -0.15) is 0 Å². The van der Waals surface area contributed by atoms with Crippen LogP contribution in [-0.4, -0.2) is 24.1 Å². The normalized spacial score (nSPS) is 10.7. The van der Waals surface area contributed by atoms with E-state index in [1.54, 1.807) is 18.2 Å². The monoisotopic (exact) mass is 420 g/mol. The third kappa shape index (κ3) is 7.54. The SMILES string of the molecule is O=C(NCCCCc1ccccc1)c1cc(F)ccc1CNCCc1ccc(O)cc1. The fraction of sp³-hybridized carbons (Fsp3) is 0.269. The Bertz CT molecular complexity index is 959. The minimum Gasteiger partial charge on any atom is -0.508 e. The van der Waals surface area contributed by atoms with Crippen molar-refractivity contribution in [3.05, 3.63) is 101 Å². The van der Waals surface area contributed by atoms with E-state index in [1.807, 2.05) is 30.3 Å². The third-order valence-corrected chi connectivity index (χ3v) is 5.18. The molecule has 0 heterocycles. The topological polar surface area (TPSA) is 61.4 Å². The van der Waals surface area contributed by atoms with Crippen molar-refractivity contribution in [2.75, 3.05) is 13.1 Å². The zero-order valence-corrected chi connectivity index (χ0v) is 17.6. The van der Waals surface area contributed by atoms with Crippen molar-refractivity contribution in [2.24, 2.45) is 0 Å². The molecule has 0 fully saturated rings. The molecule has 0 bridgehead atoms. The Hall–Kier alpha value is -3.18. The highest BCUT2D eigenvalue weighted by Gasteiger charge is 2.12. The van der Waals surface area contributed by atoms with Gasteiger partial charge >= 0.3 is 0 Å². The fourth-order valence-corrected chi connectivity index (χ4v) is 3.43. The van der Waals surface area contributed by atoms with Gasteiger partial charge in [-0.1, -0.05) is 48.5 Å². The molecule has 0 saturated heterocycles. The van der Waals surface area contributed by atoms with Crippen LogP contribution in [0.3, 0.4) is 0 Å². The van der Waals surface area contributed by atoms with E-state index in [0.29, 0.717) is 25.2 Å². The Labute approximate surface area is 183 Å². The molecule has 3 N–H and O–H groups in total. The number of amides is 1. The maximum absolute atomic E-state index is 13.8. The molecule has 0 aliphatic heterocycles. The number of aryl methyl sites for hydroxylation is 1. The predicted octanol–water partition coefficient (Wildman–Crippen LogP) is 4.62. The Morgan fingerprint density at radius 2 is 1.58 bits per heavy atom. The molecular formula is C26H29FN2O2. The molecule has 0 saturated carbocycles. The first-order valence-corrected chi connectivity index (χ1v) is 10.7. The van der Waals surface area contributed by atoms with Gasteiger partial charge < -0.3 is 15.7 Å². The highest BCUT2D eigenvalue weighted by Crippen LogP contribution is 2.13. The summed E-state index contributed by atoms with van der Waals surface area (Å²) >= 11 is 0. The van der Waals surface area contributed by atoms with Crippen LogP contribution in [0.15, 0.2) is 72.8 Å². The van der Waals surface area contributed by atoms with Gasteiger partial charge in [-0.15, -0.1) is 0 Å². The van der Waals surface area contributed by atoms with Crippen LogP contribution in [-0.2, 0) is 19.4 Å². The zero-order valence-electron chi connectivity index (χ0n) is 17.6. The number of rotatable bonds is 11. The molecule has 5 heteroatoms. The van der Waals surface area contributed by atoms with Crippen LogP contribution in [0.2, 0.25) is 0 Å². The number of carbonyl (C=O) groups excluding carboxylic acids is 1. The third-order valence-electron chi connectivity index (χ3n) is 5.18. The number of aromatic hydroxyl groups is 1. The Balaban J connectivity index is 1.44. The first kappa shape index (κ1) is 22.5. The van der Waals surface area contributed by atoms with E-state index in [-0.39, 0.29) is 11.7 Å². The second-order valence-corrected chi connectivity index (χ2v) is 7.59. The smallest absolute Gasteiger partial charge is 0.251 e. The number of hydrogen-bond donors (Lipinski definition) is 3. The van der Waals surface area contributed by atoms with Crippen LogP contribution in [0.4, 0.5) is 4.39 Å². The predicted molar refractivity (Wildman–Crippen MR) is 122 cm³/mol. The van der Waals surface area contributed by atoms with Gasteiger partial charge in [-0.3, -0.25) is 4.79 Å². The number of benzene rings is 3. The molecule has 0 aliphatic rings. The van der Waals surface area contributed by atoms with Crippen molar-refractivity contribution in [2.45, 2.75) is 32.2 Å². The van der Waals surface area contributed by atoms with Crippen LogP contribution in [0, 0.1) is 5.82 Å². The van der Waals surface area contributed by atoms with Crippen LogP contribution in [0.25, 0.3) is 0 Å². The van der Waals surface area contributed by atoms with Crippen molar-refractivity contribution in [1.82, 2.24) is 10.6 Å². The fourth-order valence-electron chi connectivity index (χ4n) is 3.43. The molecule has 162 valence electrons. The average molecular weight is 421 g/mol. The van der Waals surface area contributed by atoms with Crippen molar-refractivity contribution in [3.8, 4) is 5.75 Å². The molecule has 0 aliphatic carbocycles. The summed E-state index contributed by atoms with van der Waals surface area (Å²) in [6.07, 6.45) is 3.63. The van der Waals surface area contributed by atoms with Crippen molar-refractivity contribution in [3.63, 3.8) is 0 Å². The number of unbranched alkanes of at least 4 members (excludes halogenated alkanes) is 1. The minimum absolute atomic E-state index is 0.241. The number of hydrogen-bond acceptors (Lipinski definition) is 3.